The predicted octanol–water partition coefficient (Wildman–Crippen LogP) is -0.826. The molecule has 1 unspecified atom stereocenters. The van der Waals surface area contributed by atoms with E-state index in [0.29, 0.717) is 5.69 Å². The molecule has 2 amide bonds. The Morgan fingerprint density at radius 2 is 1.83 bits per heavy atom. The van der Waals surface area contributed by atoms with Gasteiger partial charge in [0.05, 0.1) is 39.8 Å². The average molecular weight is 418 g/mol. The van der Waals surface area contributed by atoms with E-state index in [9.17, 15) is 22.8 Å². The number of anilines is 1. The molecular formula is C19H29F3N4O3+2. The molecule has 0 bridgehead atoms. The number of piperazine rings is 1. The van der Waals surface area contributed by atoms with Gasteiger partial charge in [0.25, 0.3) is 11.8 Å². The lowest BCUT2D eigenvalue weighted by molar-refractivity contribution is -0.903. The molecule has 1 aliphatic rings. The minimum absolute atomic E-state index is 0.0269. The molecule has 0 spiro atoms. The molecule has 1 heterocycles. The van der Waals surface area contributed by atoms with Gasteiger partial charge in [-0.2, -0.15) is 0 Å². The van der Waals surface area contributed by atoms with Gasteiger partial charge in [-0.1, -0.05) is 0 Å². The van der Waals surface area contributed by atoms with Crippen molar-refractivity contribution in [3.05, 3.63) is 24.3 Å². The molecule has 1 aliphatic heterocycles. The number of hydrogen-bond donors (Lipinski definition) is 3. The minimum atomic E-state index is -4.76. The van der Waals surface area contributed by atoms with Gasteiger partial charge in [0.15, 0.2) is 12.6 Å². The van der Waals surface area contributed by atoms with Crippen LogP contribution < -0.4 is 19.9 Å². The van der Waals surface area contributed by atoms with Crippen LogP contribution in [0.3, 0.4) is 0 Å². The van der Waals surface area contributed by atoms with Crippen molar-refractivity contribution >= 4 is 17.5 Å². The van der Waals surface area contributed by atoms with E-state index in [1.165, 1.54) is 17.0 Å². The van der Waals surface area contributed by atoms with Crippen LogP contribution in [-0.2, 0) is 9.59 Å². The number of amides is 2. The van der Waals surface area contributed by atoms with Crippen LogP contribution in [0.5, 0.6) is 5.75 Å². The van der Waals surface area contributed by atoms with Gasteiger partial charge in [-0.15, -0.1) is 13.2 Å². The highest BCUT2D eigenvalue weighted by atomic mass is 19.4. The molecule has 0 saturated carbocycles. The van der Waals surface area contributed by atoms with Crippen LogP contribution in [0.25, 0.3) is 0 Å². The zero-order valence-electron chi connectivity index (χ0n) is 16.9. The van der Waals surface area contributed by atoms with E-state index in [1.807, 2.05) is 4.90 Å². The summed E-state index contributed by atoms with van der Waals surface area (Å²) in [5.41, 5.74) is 0.356. The number of ether oxygens (including phenoxy) is 1. The first-order valence-corrected chi connectivity index (χ1v) is 9.69. The summed E-state index contributed by atoms with van der Waals surface area (Å²) in [5, 5.41) is 2.62. The molecule has 2 atom stereocenters. The molecule has 0 aromatic heterocycles. The Kier molecular flexibility index (Phi) is 7.86. The fourth-order valence-electron chi connectivity index (χ4n) is 3.23. The molecule has 10 heteroatoms. The highest BCUT2D eigenvalue weighted by Crippen LogP contribution is 2.23. The van der Waals surface area contributed by atoms with E-state index in [-0.39, 0.29) is 30.2 Å². The summed E-state index contributed by atoms with van der Waals surface area (Å²) in [4.78, 5) is 29.0. The first-order chi connectivity index (χ1) is 13.6. The molecule has 29 heavy (non-hydrogen) atoms. The summed E-state index contributed by atoms with van der Waals surface area (Å²) >= 11 is 0. The lowest BCUT2D eigenvalue weighted by Gasteiger charge is -2.33. The van der Waals surface area contributed by atoms with Gasteiger partial charge in [-0.3, -0.25) is 9.59 Å². The van der Waals surface area contributed by atoms with Crippen molar-refractivity contribution in [1.29, 1.82) is 0 Å². The number of benzene rings is 1. The maximum atomic E-state index is 12.7. The number of carbonyl (C=O) groups excluding carboxylic acids is 2. The largest absolute Gasteiger partial charge is 0.573 e. The van der Waals surface area contributed by atoms with Crippen molar-refractivity contribution in [3.63, 3.8) is 0 Å². The minimum Gasteiger partial charge on any atom is -0.406 e. The molecule has 1 saturated heterocycles. The number of rotatable bonds is 7. The molecular weight excluding hydrogens is 389 g/mol. The Morgan fingerprint density at radius 1 is 1.24 bits per heavy atom. The fourth-order valence-corrected chi connectivity index (χ4v) is 3.23. The molecule has 3 N–H and O–H groups in total. The summed E-state index contributed by atoms with van der Waals surface area (Å²) in [7, 11) is 1.77. The van der Waals surface area contributed by atoms with Gasteiger partial charge in [0.2, 0.25) is 0 Å². The second-order valence-electron chi connectivity index (χ2n) is 7.29. The smallest absolute Gasteiger partial charge is 0.406 e. The van der Waals surface area contributed by atoms with E-state index in [2.05, 4.69) is 17.0 Å². The van der Waals surface area contributed by atoms with E-state index in [0.717, 1.165) is 49.8 Å². The number of quaternary nitrogens is 2. The Balaban J connectivity index is 1.82. The molecule has 2 rings (SSSR count). The predicted molar refractivity (Wildman–Crippen MR) is 101 cm³/mol. The van der Waals surface area contributed by atoms with Crippen LogP contribution in [0.2, 0.25) is 0 Å². The third-order valence-electron chi connectivity index (χ3n) is 5.20. The first-order valence-electron chi connectivity index (χ1n) is 9.69. The highest BCUT2D eigenvalue weighted by Gasteiger charge is 2.32. The summed E-state index contributed by atoms with van der Waals surface area (Å²) in [5.74, 6) is -0.659. The standard InChI is InChI=1S/C19H27F3N4O3/c1-4-25-9-11-26(12-10-25)18(28)14(2)24(3)13-17(27)23-15-5-7-16(8-6-15)29-19(20,21)22/h5-8,14H,4,9-13H2,1-3H3,(H,23,27)/p+2/t14-/m1/s1. The van der Waals surface area contributed by atoms with Gasteiger partial charge in [-0.05, 0) is 38.1 Å². The Hall–Kier alpha value is -2.33. The molecule has 0 aliphatic carbocycles. The SMILES string of the molecule is CC[NH+]1CCN(C(=O)[C@@H](C)[NH+](C)CC(=O)Nc2ccc(OC(F)(F)F)cc2)CC1. The van der Waals surface area contributed by atoms with E-state index in [4.69, 9.17) is 0 Å². The number of nitrogens with one attached hydrogen (secondary N) is 3. The summed E-state index contributed by atoms with van der Waals surface area (Å²) in [6, 6.07) is 4.55. The second kappa shape index (κ2) is 9.93. The Labute approximate surface area is 168 Å². The van der Waals surface area contributed by atoms with Crippen molar-refractivity contribution < 1.29 is 37.3 Å². The normalized spacial score (nSPS) is 17.5. The number of likely N-dealkylation sites (N-methyl/N-ethyl adjacent to an activating group) is 2. The van der Waals surface area contributed by atoms with Crippen LogP contribution in [0.1, 0.15) is 13.8 Å². The molecule has 1 fully saturated rings. The second-order valence-corrected chi connectivity index (χ2v) is 7.29. The zero-order valence-corrected chi connectivity index (χ0v) is 16.9. The quantitative estimate of drug-likeness (QED) is 0.542. The maximum absolute atomic E-state index is 12.7. The summed E-state index contributed by atoms with van der Waals surface area (Å²) < 4.78 is 40.3. The molecule has 7 nitrogen and oxygen atoms in total. The lowest BCUT2D eigenvalue weighted by Crippen LogP contribution is -3.16. The first kappa shape index (κ1) is 23.0. The molecule has 0 radical (unpaired) electrons. The molecule has 1 aromatic rings. The number of alkyl halides is 3. The summed E-state index contributed by atoms with van der Waals surface area (Å²) in [6.07, 6.45) is -4.76. The maximum Gasteiger partial charge on any atom is 0.573 e. The van der Waals surface area contributed by atoms with Gasteiger partial charge < -0.3 is 24.8 Å². The Bertz CT molecular complexity index is 689. The number of nitrogens with zero attached hydrogens (tertiary/aromatic N) is 1. The molecule has 1 aromatic carbocycles. The Morgan fingerprint density at radius 3 is 2.34 bits per heavy atom. The monoisotopic (exact) mass is 418 g/mol. The van der Waals surface area contributed by atoms with Crippen molar-refractivity contribution in [2.24, 2.45) is 0 Å². The van der Waals surface area contributed by atoms with E-state index >= 15 is 0 Å². The third-order valence-corrected chi connectivity index (χ3v) is 5.20. The summed E-state index contributed by atoms with van der Waals surface area (Å²) in [6.45, 7) is 8.34. The van der Waals surface area contributed by atoms with E-state index in [1.54, 1.807) is 14.0 Å². The number of hydrogen-bond acceptors (Lipinski definition) is 3. The van der Waals surface area contributed by atoms with Crippen molar-refractivity contribution in [1.82, 2.24) is 4.90 Å². The average Bonchev–Trinajstić information content (AvgIpc) is 2.67. The van der Waals surface area contributed by atoms with Crippen molar-refractivity contribution in [3.8, 4) is 5.75 Å². The van der Waals surface area contributed by atoms with Crippen molar-refractivity contribution in [2.75, 3.05) is 51.6 Å². The topological polar surface area (TPSA) is 67.5 Å². The highest BCUT2D eigenvalue weighted by molar-refractivity contribution is 5.91. The van der Waals surface area contributed by atoms with Crippen LogP contribution in [0.15, 0.2) is 24.3 Å². The van der Waals surface area contributed by atoms with Gasteiger partial charge in [-0.25, -0.2) is 0 Å². The van der Waals surface area contributed by atoms with Crippen molar-refractivity contribution in [2.45, 2.75) is 26.3 Å². The lowest BCUT2D eigenvalue weighted by atomic mass is 10.2. The molecule has 162 valence electrons. The number of halogens is 3. The zero-order chi connectivity index (χ0) is 21.6. The van der Waals surface area contributed by atoms with Gasteiger partial charge in [0.1, 0.15) is 5.75 Å². The van der Waals surface area contributed by atoms with Crippen LogP contribution >= 0.6 is 0 Å². The van der Waals surface area contributed by atoms with Crippen LogP contribution in [-0.4, -0.2) is 75.4 Å². The third kappa shape index (κ3) is 7.21. The number of carbonyl (C=O) groups is 2. The fraction of sp³-hybridized carbons (Fsp3) is 0.579. The van der Waals surface area contributed by atoms with Crippen LogP contribution in [0, 0.1) is 0 Å². The van der Waals surface area contributed by atoms with Gasteiger partial charge >= 0.3 is 6.36 Å². The van der Waals surface area contributed by atoms with E-state index < -0.39 is 6.36 Å². The van der Waals surface area contributed by atoms with Crippen LogP contribution in [0.4, 0.5) is 18.9 Å². The van der Waals surface area contributed by atoms with Gasteiger partial charge in [0, 0.05) is 5.69 Å².